The summed E-state index contributed by atoms with van der Waals surface area (Å²) in [4.78, 5) is 16.6. The smallest absolute Gasteiger partial charge is 0.237 e. The van der Waals surface area contributed by atoms with Crippen molar-refractivity contribution >= 4 is 16.7 Å². The molecular formula is C21H27N3O2. The van der Waals surface area contributed by atoms with E-state index >= 15 is 0 Å². The van der Waals surface area contributed by atoms with E-state index in [-0.39, 0.29) is 24.1 Å². The summed E-state index contributed by atoms with van der Waals surface area (Å²) in [6, 6.07) is 8.40. The molecule has 26 heavy (non-hydrogen) atoms. The van der Waals surface area contributed by atoms with E-state index in [1.807, 2.05) is 24.4 Å². The lowest BCUT2D eigenvalue weighted by atomic mass is 9.92. The molecule has 1 atom stereocenters. The highest BCUT2D eigenvalue weighted by Gasteiger charge is 2.27. The zero-order valence-electron chi connectivity index (χ0n) is 15.1. The number of benzene rings is 1. The van der Waals surface area contributed by atoms with Crippen molar-refractivity contribution in [3.05, 3.63) is 36.7 Å². The van der Waals surface area contributed by atoms with E-state index in [0.717, 1.165) is 61.6 Å². The number of carbonyl (C=O) groups excluding carboxylic acids is 1. The Bertz CT molecular complexity index is 745. The molecule has 1 aromatic heterocycles. The minimum Gasteiger partial charge on any atom is -0.490 e. The van der Waals surface area contributed by atoms with Gasteiger partial charge in [0.05, 0.1) is 12.1 Å². The van der Waals surface area contributed by atoms with E-state index in [1.54, 1.807) is 6.20 Å². The first-order valence-corrected chi connectivity index (χ1v) is 9.83. The molecule has 1 aliphatic heterocycles. The highest BCUT2D eigenvalue weighted by atomic mass is 16.5. The van der Waals surface area contributed by atoms with E-state index < -0.39 is 0 Å². The van der Waals surface area contributed by atoms with Crippen LogP contribution in [-0.2, 0) is 4.79 Å². The summed E-state index contributed by atoms with van der Waals surface area (Å²) >= 11 is 0. The first kappa shape index (κ1) is 17.3. The van der Waals surface area contributed by atoms with Gasteiger partial charge in [-0.05, 0) is 57.2 Å². The summed E-state index contributed by atoms with van der Waals surface area (Å²) in [5.74, 6) is 1.11. The van der Waals surface area contributed by atoms with Gasteiger partial charge in [0.1, 0.15) is 5.75 Å². The van der Waals surface area contributed by atoms with Gasteiger partial charge < -0.3 is 15.4 Å². The fraction of sp³-hybridized carbons (Fsp3) is 0.524. The SMILES string of the molecule is O=C(NC1CCC(Oc2cccc3cnccc23)CC1)[C@H]1CCCCN1. The number of hydrogen-bond acceptors (Lipinski definition) is 4. The molecule has 0 unspecified atom stereocenters. The van der Waals surface area contributed by atoms with Crippen molar-refractivity contribution in [1.82, 2.24) is 15.6 Å². The summed E-state index contributed by atoms with van der Waals surface area (Å²) < 4.78 is 6.29. The Morgan fingerprint density at radius 1 is 1.12 bits per heavy atom. The van der Waals surface area contributed by atoms with Crippen molar-refractivity contribution in [1.29, 1.82) is 0 Å². The number of rotatable bonds is 4. The molecule has 1 aliphatic carbocycles. The molecule has 0 bridgehead atoms. The molecule has 1 saturated heterocycles. The molecule has 1 saturated carbocycles. The Balaban J connectivity index is 1.30. The van der Waals surface area contributed by atoms with Gasteiger partial charge in [-0.15, -0.1) is 0 Å². The molecule has 5 nitrogen and oxygen atoms in total. The number of amides is 1. The van der Waals surface area contributed by atoms with Crippen molar-refractivity contribution in [2.45, 2.75) is 63.1 Å². The van der Waals surface area contributed by atoms with Crippen LogP contribution in [0, 0.1) is 0 Å². The Labute approximate surface area is 154 Å². The second-order valence-electron chi connectivity index (χ2n) is 7.46. The third-order valence-corrected chi connectivity index (χ3v) is 5.58. The molecule has 1 aromatic carbocycles. The molecule has 2 aromatic rings. The van der Waals surface area contributed by atoms with Crippen molar-refractivity contribution in [3.63, 3.8) is 0 Å². The normalized spacial score (nSPS) is 26.4. The minimum absolute atomic E-state index is 0.00187. The third-order valence-electron chi connectivity index (χ3n) is 5.58. The molecular weight excluding hydrogens is 326 g/mol. The average molecular weight is 353 g/mol. The number of pyridine rings is 1. The van der Waals surface area contributed by atoms with Gasteiger partial charge in [0.15, 0.2) is 0 Å². The summed E-state index contributed by atoms with van der Waals surface area (Å²) in [5.41, 5.74) is 0. The first-order chi connectivity index (χ1) is 12.8. The average Bonchev–Trinajstić information content (AvgIpc) is 2.70. The molecule has 2 N–H and O–H groups in total. The van der Waals surface area contributed by atoms with Crippen LogP contribution in [0.2, 0.25) is 0 Å². The Kier molecular flexibility index (Phi) is 5.34. The summed E-state index contributed by atoms with van der Waals surface area (Å²) in [6.45, 7) is 0.958. The van der Waals surface area contributed by atoms with Crippen molar-refractivity contribution < 1.29 is 9.53 Å². The van der Waals surface area contributed by atoms with Crippen molar-refractivity contribution in [3.8, 4) is 5.75 Å². The molecule has 4 rings (SSSR count). The maximum absolute atomic E-state index is 12.4. The Morgan fingerprint density at radius 3 is 2.81 bits per heavy atom. The zero-order chi connectivity index (χ0) is 17.8. The third kappa shape index (κ3) is 3.98. The fourth-order valence-corrected chi connectivity index (χ4v) is 4.08. The van der Waals surface area contributed by atoms with Gasteiger partial charge in [-0.2, -0.15) is 0 Å². The molecule has 1 amide bonds. The predicted octanol–water partition coefficient (Wildman–Crippen LogP) is 3.18. The number of ether oxygens (including phenoxy) is 1. The van der Waals surface area contributed by atoms with Gasteiger partial charge in [-0.3, -0.25) is 9.78 Å². The molecule has 138 valence electrons. The van der Waals surface area contributed by atoms with Gasteiger partial charge in [0.2, 0.25) is 5.91 Å². The molecule has 2 heterocycles. The van der Waals surface area contributed by atoms with Crippen LogP contribution in [-0.4, -0.2) is 35.6 Å². The van der Waals surface area contributed by atoms with Crippen LogP contribution in [0.3, 0.4) is 0 Å². The number of fused-ring (bicyclic) bond motifs is 1. The van der Waals surface area contributed by atoms with Crippen LogP contribution in [0.4, 0.5) is 0 Å². The van der Waals surface area contributed by atoms with E-state index in [0.29, 0.717) is 0 Å². The van der Waals surface area contributed by atoms with Gasteiger partial charge >= 0.3 is 0 Å². The molecule has 5 heteroatoms. The zero-order valence-corrected chi connectivity index (χ0v) is 15.1. The lowest BCUT2D eigenvalue weighted by Crippen LogP contribution is -2.50. The van der Waals surface area contributed by atoms with Crippen LogP contribution in [0.15, 0.2) is 36.7 Å². The lowest BCUT2D eigenvalue weighted by Gasteiger charge is -2.31. The largest absolute Gasteiger partial charge is 0.490 e. The molecule has 2 fully saturated rings. The lowest BCUT2D eigenvalue weighted by molar-refractivity contribution is -0.124. The standard InChI is InChI=1S/C21H27N3O2/c25-21(19-5-1-2-12-23-19)24-16-7-9-17(10-8-16)26-20-6-3-4-15-14-22-13-11-18(15)20/h3-4,6,11,13-14,16-17,19,23H,1-2,5,7-10,12H2,(H,24,25)/t16?,17?,19-/m1/s1. The van der Waals surface area contributed by atoms with E-state index in [4.69, 9.17) is 4.74 Å². The second kappa shape index (κ2) is 8.04. The van der Waals surface area contributed by atoms with Crippen molar-refractivity contribution in [2.75, 3.05) is 6.54 Å². The molecule has 2 aliphatic rings. The summed E-state index contributed by atoms with van der Waals surface area (Å²) in [5, 5.41) is 8.78. The number of nitrogens with one attached hydrogen (secondary N) is 2. The van der Waals surface area contributed by atoms with E-state index in [2.05, 4.69) is 21.7 Å². The van der Waals surface area contributed by atoms with Gasteiger partial charge in [-0.25, -0.2) is 0 Å². The van der Waals surface area contributed by atoms with Crippen LogP contribution < -0.4 is 15.4 Å². The topological polar surface area (TPSA) is 63.2 Å². The Hall–Kier alpha value is -2.14. The number of carbonyl (C=O) groups is 1. The quantitative estimate of drug-likeness (QED) is 0.886. The maximum Gasteiger partial charge on any atom is 0.237 e. The number of aromatic nitrogens is 1. The number of hydrogen-bond donors (Lipinski definition) is 2. The minimum atomic E-state index is 0.00187. The fourth-order valence-electron chi connectivity index (χ4n) is 4.08. The maximum atomic E-state index is 12.4. The number of nitrogens with zero attached hydrogens (tertiary/aromatic N) is 1. The van der Waals surface area contributed by atoms with Crippen LogP contribution in [0.25, 0.3) is 10.8 Å². The predicted molar refractivity (Wildman–Crippen MR) is 102 cm³/mol. The summed E-state index contributed by atoms with van der Waals surface area (Å²) in [7, 11) is 0. The highest BCUT2D eigenvalue weighted by Crippen LogP contribution is 2.29. The van der Waals surface area contributed by atoms with Crippen LogP contribution >= 0.6 is 0 Å². The van der Waals surface area contributed by atoms with E-state index in [1.165, 1.54) is 6.42 Å². The molecule has 0 radical (unpaired) electrons. The van der Waals surface area contributed by atoms with Gasteiger partial charge in [-0.1, -0.05) is 18.6 Å². The second-order valence-corrected chi connectivity index (χ2v) is 7.46. The summed E-state index contributed by atoms with van der Waals surface area (Å²) in [6.07, 6.45) is 11.1. The highest BCUT2D eigenvalue weighted by molar-refractivity contribution is 5.87. The van der Waals surface area contributed by atoms with Crippen LogP contribution in [0.5, 0.6) is 5.75 Å². The number of piperidine rings is 1. The van der Waals surface area contributed by atoms with Gasteiger partial charge in [0, 0.05) is 29.2 Å². The van der Waals surface area contributed by atoms with Gasteiger partial charge in [0.25, 0.3) is 0 Å². The monoisotopic (exact) mass is 353 g/mol. The molecule has 0 spiro atoms. The Morgan fingerprint density at radius 2 is 2.00 bits per heavy atom. The first-order valence-electron chi connectivity index (χ1n) is 9.83. The van der Waals surface area contributed by atoms with Crippen molar-refractivity contribution in [2.24, 2.45) is 0 Å². The van der Waals surface area contributed by atoms with E-state index in [9.17, 15) is 4.79 Å². The van der Waals surface area contributed by atoms with Crippen LogP contribution in [0.1, 0.15) is 44.9 Å².